The van der Waals surface area contributed by atoms with Crippen molar-refractivity contribution in [1.82, 2.24) is 14.4 Å². The van der Waals surface area contributed by atoms with Crippen molar-refractivity contribution < 1.29 is 18.4 Å². The van der Waals surface area contributed by atoms with E-state index in [4.69, 9.17) is 4.42 Å². The van der Waals surface area contributed by atoms with E-state index in [-0.39, 0.29) is 24.6 Å². The molecule has 2 amide bonds. The number of furan rings is 1. The smallest absolute Gasteiger partial charge is 0.257 e. The first-order chi connectivity index (χ1) is 15.0. The lowest BCUT2D eigenvalue weighted by atomic mass is 10.1. The van der Waals surface area contributed by atoms with Crippen molar-refractivity contribution in [1.29, 1.82) is 0 Å². The maximum Gasteiger partial charge on any atom is 0.257 e. The Morgan fingerprint density at radius 1 is 1.03 bits per heavy atom. The summed E-state index contributed by atoms with van der Waals surface area (Å²) in [4.78, 5) is 29.4. The van der Waals surface area contributed by atoms with Gasteiger partial charge in [0.2, 0.25) is 5.91 Å². The maximum atomic E-state index is 14.2. The number of nitrogens with zero attached hydrogens (tertiary/aromatic N) is 3. The average molecular weight is 426 g/mol. The van der Waals surface area contributed by atoms with Crippen LogP contribution in [-0.2, 0) is 24.9 Å². The molecule has 0 atom stereocenters. The number of carbonyl (C=O) groups is 2. The van der Waals surface area contributed by atoms with Crippen molar-refractivity contribution in [3.8, 4) is 0 Å². The molecule has 0 N–H and O–H groups in total. The van der Waals surface area contributed by atoms with E-state index >= 15 is 0 Å². The Morgan fingerprint density at radius 3 is 2.48 bits per heavy atom. The Labute approximate surface area is 181 Å². The van der Waals surface area contributed by atoms with Crippen LogP contribution < -0.4 is 0 Å². The monoisotopic (exact) mass is 425 g/mol. The van der Waals surface area contributed by atoms with E-state index in [9.17, 15) is 14.0 Å². The topological polar surface area (TPSA) is 58.7 Å². The molecule has 1 aromatic carbocycles. The van der Waals surface area contributed by atoms with Gasteiger partial charge in [-0.25, -0.2) is 4.39 Å². The second-order valence-electron chi connectivity index (χ2n) is 7.50. The minimum Gasteiger partial charge on any atom is -0.467 e. The van der Waals surface area contributed by atoms with Crippen LogP contribution >= 0.6 is 0 Å². The fourth-order valence-corrected chi connectivity index (χ4v) is 3.35. The average Bonchev–Trinajstić information content (AvgIpc) is 3.42. The molecule has 0 saturated carbocycles. The van der Waals surface area contributed by atoms with Crippen LogP contribution in [0.5, 0.6) is 0 Å². The molecule has 0 spiro atoms. The summed E-state index contributed by atoms with van der Waals surface area (Å²) >= 11 is 0. The number of benzene rings is 1. The Hall–Kier alpha value is -3.35. The van der Waals surface area contributed by atoms with Crippen LogP contribution in [0.25, 0.3) is 0 Å². The van der Waals surface area contributed by atoms with Crippen molar-refractivity contribution in [3.05, 3.63) is 83.8 Å². The molecular weight excluding hydrogens is 397 g/mol. The molecule has 7 heteroatoms. The molecule has 3 rings (SSSR count). The number of unbranched alkanes of at least 4 members (excludes halogenated alkanes) is 1. The molecule has 164 valence electrons. The molecule has 6 nitrogen and oxygen atoms in total. The second-order valence-corrected chi connectivity index (χ2v) is 7.50. The third-order valence-corrected chi connectivity index (χ3v) is 5.18. The van der Waals surface area contributed by atoms with Gasteiger partial charge in [-0.15, -0.1) is 0 Å². The lowest BCUT2D eigenvalue weighted by Gasteiger charge is -2.27. The van der Waals surface area contributed by atoms with E-state index in [0.29, 0.717) is 18.8 Å². The number of aromatic nitrogens is 1. The predicted molar refractivity (Wildman–Crippen MR) is 116 cm³/mol. The second kappa shape index (κ2) is 10.6. The number of halogens is 1. The highest BCUT2D eigenvalue weighted by Gasteiger charge is 2.25. The van der Waals surface area contributed by atoms with Gasteiger partial charge in [-0.2, -0.15) is 0 Å². The van der Waals surface area contributed by atoms with Crippen molar-refractivity contribution in [2.45, 2.75) is 32.9 Å². The zero-order chi connectivity index (χ0) is 22.2. The summed E-state index contributed by atoms with van der Waals surface area (Å²) < 4.78 is 21.6. The van der Waals surface area contributed by atoms with Gasteiger partial charge in [-0.3, -0.25) is 9.59 Å². The number of hydrogen-bond donors (Lipinski definition) is 0. The summed E-state index contributed by atoms with van der Waals surface area (Å²) in [6, 6.07) is 13.3. The number of aryl methyl sites for hydroxylation is 1. The summed E-state index contributed by atoms with van der Waals surface area (Å²) in [5.41, 5.74) is 0.937. The van der Waals surface area contributed by atoms with Gasteiger partial charge in [0, 0.05) is 25.5 Å². The van der Waals surface area contributed by atoms with Crippen molar-refractivity contribution in [3.63, 3.8) is 0 Å². The van der Waals surface area contributed by atoms with E-state index in [1.54, 1.807) is 29.4 Å². The zero-order valence-corrected chi connectivity index (χ0v) is 18.0. The molecule has 0 aliphatic carbocycles. The van der Waals surface area contributed by atoms with E-state index < -0.39 is 11.7 Å². The standard InChI is InChI=1S/C24H28FN3O3/c1-3-4-14-27(24(30)21-11-5-6-12-22(21)25)18-23(29)28(17-20-10-8-15-31-20)16-19-9-7-13-26(19)2/h5-13,15H,3-4,14,16-18H2,1-2H3. The van der Waals surface area contributed by atoms with E-state index in [1.165, 1.54) is 17.0 Å². The molecule has 0 saturated heterocycles. The summed E-state index contributed by atoms with van der Waals surface area (Å²) in [5.74, 6) is -0.629. The molecule has 0 radical (unpaired) electrons. The summed E-state index contributed by atoms with van der Waals surface area (Å²) in [6.07, 6.45) is 5.06. The maximum absolute atomic E-state index is 14.2. The summed E-state index contributed by atoms with van der Waals surface area (Å²) in [5, 5.41) is 0. The molecule has 31 heavy (non-hydrogen) atoms. The Balaban J connectivity index is 1.80. The van der Waals surface area contributed by atoms with Crippen molar-refractivity contribution in [2.75, 3.05) is 13.1 Å². The van der Waals surface area contributed by atoms with Crippen LogP contribution in [-0.4, -0.2) is 39.3 Å². The third-order valence-electron chi connectivity index (χ3n) is 5.18. The first-order valence-corrected chi connectivity index (χ1v) is 10.4. The zero-order valence-electron chi connectivity index (χ0n) is 18.0. The SMILES string of the molecule is CCCCN(CC(=O)N(Cc1ccco1)Cc1cccn1C)C(=O)c1ccccc1F. The van der Waals surface area contributed by atoms with E-state index in [0.717, 1.165) is 18.5 Å². The van der Waals surface area contributed by atoms with E-state index in [1.807, 2.05) is 42.9 Å². The van der Waals surface area contributed by atoms with Crippen LogP contribution in [0.2, 0.25) is 0 Å². The highest BCUT2D eigenvalue weighted by Crippen LogP contribution is 2.15. The fraction of sp³-hybridized carbons (Fsp3) is 0.333. The van der Waals surface area contributed by atoms with Crippen molar-refractivity contribution in [2.24, 2.45) is 7.05 Å². The minimum atomic E-state index is -0.585. The van der Waals surface area contributed by atoms with Gasteiger partial charge >= 0.3 is 0 Å². The largest absolute Gasteiger partial charge is 0.467 e. The van der Waals surface area contributed by atoms with Gasteiger partial charge in [0.15, 0.2) is 0 Å². The highest BCUT2D eigenvalue weighted by atomic mass is 19.1. The van der Waals surface area contributed by atoms with Crippen LogP contribution in [0, 0.1) is 5.82 Å². The summed E-state index contributed by atoms with van der Waals surface area (Å²) in [6.45, 7) is 2.92. The first kappa shape index (κ1) is 22.3. The van der Waals surface area contributed by atoms with Gasteiger partial charge in [-0.05, 0) is 42.8 Å². The van der Waals surface area contributed by atoms with Crippen LogP contribution in [0.15, 0.2) is 65.4 Å². The number of rotatable bonds is 10. The van der Waals surface area contributed by atoms with Gasteiger partial charge in [-0.1, -0.05) is 25.5 Å². The van der Waals surface area contributed by atoms with Gasteiger partial charge in [0.25, 0.3) is 5.91 Å². The molecule has 0 unspecified atom stereocenters. The highest BCUT2D eigenvalue weighted by molar-refractivity contribution is 5.96. The molecular formula is C24H28FN3O3. The molecule has 3 aromatic rings. The van der Waals surface area contributed by atoms with Crippen LogP contribution in [0.1, 0.15) is 41.6 Å². The van der Waals surface area contributed by atoms with E-state index in [2.05, 4.69) is 0 Å². The Bertz CT molecular complexity index is 997. The third kappa shape index (κ3) is 5.84. The van der Waals surface area contributed by atoms with Gasteiger partial charge in [0.1, 0.15) is 18.1 Å². The molecule has 0 aliphatic rings. The molecule has 0 fully saturated rings. The Morgan fingerprint density at radius 2 is 1.84 bits per heavy atom. The van der Waals surface area contributed by atoms with Crippen LogP contribution in [0.4, 0.5) is 4.39 Å². The molecule has 0 bridgehead atoms. The number of hydrogen-bond acceptors (Lipinski definition) is 3. The quantitative estimate of drug-likeness (QED) is 0.488. The fourth-order valence-electron chi connectivity index (χ4n) is 3.35. The lowest BCUT2D eigenvalue weighted by molar-refractivity contribution is -0.133. The Kier molecular flexibility index (Phi) is 7.65. The van der Waals surface area contributed by atoms with Crippen molar-refractivity contribution >= 4 is 11.8 Å². The number of amides is 2. The molecule has 2 heterocycles. The van der Waals surface area contributed by atoms with Crippen LogP contribution in [0.3, 0.4) is 0 Å². The first-order valence-electron chi connectivity index (χ1n) is 10.4. The molecule has 0 aliphatic heterocycles. The normalized spacial score (nSPS) is 10.8. The molecule has 2 aromatic heterocycles. The number of carbonyl (C=O) groups excluding carboxylic acids is 2. The lowest BCUT2D eigenvalue weighted by Crippen LogP contribution is -2.43. The summed E-state index contributed by atoms with van der Waals surface area (Å²) in [7, 11) is 1.92. The van der Waals surface area contributed by atoms with Gasteiger partial charge in [0.05, 0.1) is 24.9 Å². The van der Waals surface area contributed by atoms with Gasteiger partial charge < -0.3 is 18.8 Å². The minimum absolute atomic E-state index is 0.0218. The predicted octanol–water partition coefficient (Wildman–Crippen LogP) is 4.23.